The molecule has 1 unspecified atom stereocenters. The van der Waals surface area contributed by atoms with E-state index in [0.29, 0.717) is 22.6 Å². The van der Waals surface area contributed by atoms with Crippen LogP contribution in [0.3, 0.4) is 0 Å². The molecule has 0 aliphatic heterocycles. The molecule has 164 valence electrons. The fraction of sp³-hybridized carbons (Fsp3) is 0.400. The molecule has 11 heteroatoms. The fourth-order valence-electron chi connectivity index (χ4n) is 4.27. The van der Waals surface area contributed by atoms with E-state index in [2.05, 4.69) is 4.98 Å². The molecule has 5 rings (SSSR count). The minimum absolute atomic E-state index is 0.0317. The van der Waals surface area contributed by atoms with Gasteiger partial charge in [0.25, 0.3) is 11.5 Å². The molecular weight excluding hydrogens is 433 g/mol. The van der Waals surface area contributed by atoms with Crippen molar-refractivity contribution >= 4 is 27.9 Å². The number of anilines is 1. The number of nitrogens with two attached hydrogens (primary N) is 2. The number of hydrogen-bond acceptors (Lipinski definition) is 6. The molecule has 2 aliphatic carbocycles. The molecule has 1 aromatic carbocycles. The van der Waals surface area contributed by atoms with Gasteiger partial charge in [0.15, 0.2) is 11.6 Å². The summed E-state index contributed by atoms with van der Waals surface area (Å²) in [4.78, 5) is 28.2. The molecule has 0 amide bonds. The average molecular weight is 452 g/mol. The highest BCUT2D eigenvalue weighted by Gasteiger charge is 2.43. The summed E-state index contributed by atoms with van der Waals surface area (Å²) in [5.41, 5.74) is 10.2. The summed E-state index contributed by atoms with van der Waals surface area (Å²) in [5, 5.41) is -0.172. The number of nitrogens with one attached hydrogen (secondary N) is 1. The van der Waals surface area contributed by atoms with Gasteiger partial charge in [-0.1, -0.05) is 0 Å². The molecule has 7 nitrogen and oxygen atoms in total. The topological polar surface area (TPSA) is 116 Å². The first-order chi connectivity index (χ1) is 14.7. The third-order valence-corrected chi connectivity index (χ3v) is 7.22. The molecule has 2 aliphatic rings. The number of aromatic amines is 1. The quantitative estimate of drug-likeness (QED) is 0.528. The van der Waals surface area contributed by atoms with Crippen LogP contribution < -0.4 is 27.5 Å². The van der Waals surface area contributed by atoms with Crippen molar-refractivity contribution in [2.24, 2.45) is 5.73 Å². The summed E-state index contributed by atoms with van der Waals surface area (Å²) in [6.07, 6.45) is 1.15. The first kappa shape index (κ1) is 20.1. The maximum atomic E-state index is 15.5. The lowest BCUT2D eigenvalue weighted by Crippen LogP contribution is -2.36. The Labute approximate surface area is 177 Å². The minimum Gasteiger partial charge on any atom is -0.494 e. The highest BCUT2D eigenvalue weighted by molar-refractivity contribution is 7.15. The Hall–Kier alpha value is -2.79. The van der Waals surface area contributed by atoms with E-state index in [1.807, 2.05) is 0 Å². The van der Waals surface area contributed by atoms with Gasteiger partial charge in [-0.05, 0) is 30.9 Å². The molecule has 2 heterocycles. The van der Waals surface area contributed by atoms with Gasteiger partial charge in [0, 0.05) is 22.2 Å². The number of H-pyrrole nitrogens is 1. The maximum absolute atomic E-state index is 15.5. The molecule has 1 fully saturated rings. The Morgan fingerprint density at radius 1 is 1.32 bits per heavy atom. The standard InChI is InChI=1S/C20H19F3N4O3S/c1-30-16-11(10-6-8-9(31-10)4-5-20(22,23)17(8)25)13(21)14(24)12-15(16)27(7-2-3-7)19(29)26-18(12)28/h6-7,17H,2-5,24-25H2,1H3,(H,26,28,29). The van der Waals surface area contributed by atoms with Crippen LogP contribution in [-0.2, 0) is 6.42 Å². The minimum atomic E-state index is -3.06. The summed E-state index contributed by atoms with van der Waals surface area (Å²) in [6, 6.07) is -0.237. The number of methoxy groups -OCH3 is 1. The largest absolute Gasteiger partial charge is 0.494 e. The van der Waals surface area contributed by atoms with Gasteiger partial charge in [-0.3, -0.25) is 14.3 Å². The molecule has 1 atom stereocenters. The number of nitrogen functional groups attached to an aromatic ring is 1. The number of nitrogens with zero attached hydrogens (tertiary/aromatic N) is 1. The van der Waals surface area contributed by atoms with Gasteiger partial charge < -0.3 is 16.2 Å². The first-order valence-electron chi connectivity index (χ1n) is 9.75. The molecule has 0 saturated heterocycles. The van der Waals surface area contributed by atoms with Crippen LogP contribution in [-0.4, -0.2) is 22.6 Å². The van der Waals surface area contributed by atoms with Crippen LogP contribution >= 0.6 is 11.3 Å². The second kappa shape index (κ2) is 6.60. The van der Waals surface area contributed by atoms with Crippen LogP contribution in [0.4, 0.5) is 18.9 Å². The van der Waals surface area contributed by atoms with Crippen molar-refractivity contribution in [3.63, 3.8) is 0 Å². The Balaban J connectivity index is 1.86. The van der Waals surface area contributed by atoms with E-state index in [4.69, 9.17) is 16.2 Å². The number of alkyl halides is 2. The van der Waals surface area contributed by atoms with Crippen molar-refractivity contribution in [3.8, 4) is 16.2 Å². The molecule has 31 heavy (non-hydrogen) atoms. The maximum Gasteiger partial charge on any atom is 0.329 e. The lowest BCUT2D eigenvalue weighted by molar-refractivity contribution is -0.0392. The monoisotopic (exact) mass is 452 g/mol. The lowest BCUT2D eigenvalue weighted by Gasteiger charge is -2.28. The van der Waals surface area contributed by atoms with Crippen LogP contribution in [0.2, 0.25) is 0 Å². The highest BCUT2D eigenvalue weighted by atomic mass is 32.1. The number of hydrogen-bond donors (Lipinski definition) is 3. The van der Waals surface area contributed by atoms with Gasteiger partial charge in [0.1, 0.15) is 5.52 Å². The number of aromatic nitrogens is 2. The number of fused-ring (bicyclic) bond motifs is 2. The smallest absolute Gasteiger partial charge is 0.329 e. The average Bonchev–Trinajstić information content (AvgIpc) is 3.45. The van der Waals surface area contributed by atoms with Crippen molar-refractivity contribution in [2.75, 3.05) is 12.8 Å². The Morgan fingerprint density at radius 3 is 2.68 bits per heavy atom. The second-order valence-electron chi connectivity index (χ2n) is 7.95. The zero-order chi connectivity index (χ0) is 22.2. The first-order valence-corrected chi connectivity index (χ1v) is 10.6. The van der Waals surface area contributed by atoms with Gasteiger partial charge >= 0.3 is 5.69 Å². The lowest BCUT2D eigenvalue weighted by atomic mass is 9.90. The SMILES string of the molecule is COc1c(-c2cc3c(s2)CCC(F)(F)C3N)c(F)c(N)c2c(=O)[nH]c(=O)n(C3CC3)c12. The van der Waals surface area contributed by atoms with Crippen LogP contribution in [0.5, 0.6) is 5.75 Å². The van der Waals surface area contributed by atoms with Crippen LogP contribution in [0.1, 0.15) is 41.8 Å². The van der Waals surface area contributed by atoms with E-state index in [1.54, 1.807) is 0 Å². The summed E-state index contributed by atoms with van der Waals surface area (Å²) in [6.45, 7) is 0. The van der Waals surface area contributed by atoms with E-state index >= 15 is 4.39 Å². The molecular formula is C20H19F3N4O3S. The van der Waals surface area contributed by atoms with Gasteiger partial charge in [-0.25, -0.2) is 18.0 Å². The number of benzene rings is 1. The highest BCUT2D eigenvalue weighted by Crippen LogP contribution is 2.50. The number of rotatable bonds is 3. The molecule has 2 aromatic heterocycles. The van der Waals surface area contributed by atoms with E-state index < -0.39 is 41.1 Å². The summed E-state index contributed by atoms with van der Waals surface area (Å²) < 4.78 is 50.6. The molecule has 5 N–H and O–H groups in total. The number of halogens is 3. The number of aryl methyl sites for hydroxylation is 1. The van der Waals surface area contributed by atoms with E-state index in [-0.39, 0.29) is 40.2 Å². The van der Waals surface area contributed by atoms with E-state index in [1.165, 1.54) is 17.7 Å². The Morgan fingerprint density at radius 2 is 2.03 bits per heavy atom. The van der Waals surface area contributed by atoms with Crippen molar-refractivity contribution in [3.05, 3.63) is 43.2 Å². The zero-order valence-electron chi connectivity index (χ0n) is 16.4. The Kier molecular flexibility index (Phi) is 4.29. The zero-order valence-corrected chi connectivity index (χ0v) is 17.2. The fourth-order valence-corrected chi connectivity index (χ4v) is 5.52. The number of ether oxygens (including phenoxy) is 1. The van der Waals surface area contributed by atoms with Gasteiger partial charge in [-0.2, -0.15) is 0 Å². The summed E-state index contributed by atoms with van der Waals surface area (Å²) in [7, 11) is 1.30. The molecule has 0 radical (unpaired) electrons. The second-order valence-corrected chi connectivity index (χ2v) is 9.08. The molecule has 0 bridgehead atoms. The summed E-state index contributed by atoms with van der Waals surface area (Å²) in [5.74, 6) is -4.00. The normalized spacial score (nSPS) is 20.1. The molecule has 1 saturated carbocycles. The molecule has 3 aromatic rings. The van der Waals surface area contributed by atoms with Crippen LogP contribution in [0, 0.1) is 5.82 Å². The van der Waals surface area contributed by atoms with E-state index in [0.717, 1.165) is 11.3 Å². The van der Waals surface area contributed by atoms with Crippen LogP contribution in [0.25, 0.3) is 21.3 Å². The van der Waals surface area contributed by atoms with Gasteiger partial charge in [-0.15, -0.1) is 11.3 Å². The van der Waals surface area contributed by atoms with Crippen molar-refractivity contribution in [1.29, 1.82) is 0 Å². The van der Waals surface area contributed by atoms with Crippen molar-refractivity contribution in [2.45, 2.75) is 43.7 Å². The molecule has 0 spiro atoms. The van der Waals surface area contributed by atoms with Gasteiger partial charge in [0.05, 0.1) is 29.8 Å². The van der Waals surface area contributed by atoms with Gasteiger partial charge in [0.2, 0.25) is 0 Å². The predicted octanol–water partition coefficient (Wildman–Crippen LogP) is 3.06. The predicted molar refractivity (Wildman–Crippen MR) is 112 cm³/mol. The third kappa shape index (κ3) is 2.83. The Bertz CT molecular complexity index is 1360. The van der Waals surface area contributed by atoms with E-state index in [9.17, 15) is 18.4 Å². The number of thiophene rings is 1. The third-order valence-electron chi connectivity index (χ3n) is 5.99. The summed E-state index contributed by atoms with van der Waals surface area (Å²) >= 11 is 1.13. The van der Waals surface area contributed by atoms with Crippen molar-refractivity contribution in [1.82, 2.24) is 9.55 Å². The van der Waals surface area contributed by atoms with Crippen LogP contribution in [0.15, 0.2) is 15.7 Å². The van der Waals surface area contributed by atoms with Crippen molar-refractivity contribution < 1.29 is 17.9 Å².